The molecule has 0 saturated carbocycles. The molecule has 0 aromatic heterocycles. The summed E-state index contributed by atoms with van der Waals surface area (Å²) < 4.78 is 9.94. The molecule has 0 atom stereocenters. The number of ether oxygens (including phenoxy) is 1. The van der Waals surface area contributed by atoms with Crippen LogP contribution in [-0.2, 0) is 14.2 Å². The van der Waals surface area contributed by atoms with E-state index in [-0.39, 0.29) is 12.6 Å². The molecule has 0 rings (SSSR count). The molecule has 0 aromatic rings. The number of hydrogen-bond acceptors (Lipinski definition) is 5. The Bertz CT molecular complexity index is 280. The van der Waals surface area contributed by atoms with Gasteiger partial charge in [0.25, 0.3) is 0 Å². The summed E-state index contributed by atoms with van der Waals surface area (Å²) in [5, 5.41) is 19.4. The third-order valence-corrected chi connectivity index (χ3v) is 2.57. The van der Waals surface area contributed by atoms with Gasteiger partial charge in [-0.1, -0.05) is 12.1 Å². The van der Waals surface area contributed by atoms with Crippen molar-refractivity contribution in [3.63, 3.8) is 0 Å². The quantitative estimate of drug-likeness (QED) is 0.531. The molecule has 2 N–H and O–H groups in total. The van der Waals surface area contributed by atoms with Crippen molar-refractivity contribution in [1.82, 2.24) is 0 Å². The van der Waals surface area contributed by atoms with Gasteiger partial charge in [0.1, 0.15) is 6.61 Å². The average molecular weight is 244 g/mol. The Morgan fingerprint density at radius 3 is 2.29 bits per heavy atom. The molecule has 0 aliphatic rings. The van der Waals surface area contributed by atoms with Crippen molar-refractivity contribution in [2.75, 3.05) is 6.61 Å². The molecular formula is C11H21BO5. The number of carbonyl (C=O) groups excluding carboxylic acids is 1. The zero-order chi connectivity index (χ0) is 13.7. The average Bonchev–Trinajstić information content (AvgIpc) is 2.09. The second kappa shape index (κ2) is 6.19. The van der Waals surface area contributed by atoms with Crippen molar-refractivity contribution in [3.05, 3.63) is 12.1 Å². The first-order valence-corrected chi connectivity index (χ1v) is 5.44. The van der Waals surface area contributed by atoms with Crippen LogP contribution in [0.5, 0.6) is 0 Å². The van der Waals surface area contributed by atoms with Crippen LogP contribution in [0.15, 0.2) is 12.1 Å². The first kappa shape index (κ1) is 16.2. The Hall–Kier alpha value is -0.845. The Labute approximate surface area is 103 Å². The number of aliphatic hydroxyl groups is 1. The SMILES string of the molecule is CC(=O)OC/C=C/B(O)OC(C)(C)C(C)(C)O. The van der Waals surface area contributed by atoms with Gasteiger partial charge in [-0.05, 0) is 27.7 Å². The van der Waals surface area contributed by atoms with Crippen LogP contribution in [-0.4, -0.2) is 41.0 Å². The molecule has 6 heteroatoms. The molecular weight excluding hydrogens is 223 g/mol. The molecule has 98 valence electrons. The lowest BCUT2D eigenvalue weighted by Crippen LogP contribution is -2.50. The van der Waals surface area contributed by atoms with Crippen molar-refractivity contribution in [1.29, 1.82) is 0 Å². The highest BCUT2D eigenvalue weighted by molar-refractivity contribution is 6.49. The van der Waals surface area contributed by atoms with Gasteiger partial charge in [0.05, 0.1) is 11.2 Å². The molecule has 0 bridgehead atoms. The Balaban J connectivity index is 4.18. The van der Waals surface area contributed by atoms with E-state index in [4.69, 9.17) is 4.65 Å². The smallest absolute Gasteiger partial charge is 0.462 e. The summed E-state index contributed by atoms with van der Waals surface area (Å²) in [6.07, 6.45) is 1.48. The standard InChI is InChI=1S/C11H21BO5/c1-9(13)16-8-6-7-12(15)17-11(4,5)10(2,3)14/h6-7,14-15H,8H2,1-5H3/b7-6+. The Morgan fingerprint density at radius 1 is 1.35 bits per heavy atom. The minimum atomic E-state index is -1.16. The van der Waals surface area contributed by atoms with Gasteiger partial charge in [0.2, 0.25) is 0 Å². The lowest BCUT2D eigenvalue weighted by Gasteiger charge is -2.38. The largest absolute Gasteiger partial charge is 0.483 e. The van der Waals surface area contributed by atoms with E-state index < -0.39 is 18.3 Å². The van der Waals surface area contributed by atoms with Gasteiger partial charge in [-0.2, -0.15) is 0 Å². The second-order valence-electron chi connectivity index (χ2n) is 4.81. The molecule has 0 aliphatic heterocycles. The lowest BCUT2D eigenvalue weighted by atomic mass is 9.83. The fourth-order valence-corrected chi connectivity index (χ4v) is 0.823. The van der Waals surface area contributed by atoms with Gasteiger partial charge < -0.3 is 19.5 Å². The van der Waals surface area contributed by atoms with E-state index in [1.54, 1.807) is 27.7 Å². The highest BCUT2D eigenvalue weighted by Gasteiger charge is 2.38. The molecule has 0 aromatic carbocycles. The third kappa shape index (κ3) is 6.46. The first-order valence-electron chi connectivity index (χ1n) is 5.44. The van der Waals surface area contributed by atoms with Crippen molar-refractivity contribution >= 4 is 13.1 Å². The summed E-state index contributed by atoms with van der Waals surface area (Å²) in [5.74, 6) is 0.970. The second-order valence-corrected chi connectivity index (χ2v) is 4.81. The van der Waals surface area contributed by atoms with E-state index >= 15 is 0 Å². The summed E-state index contributed by atoms with van der Waals surface area (Å²) in [5.41, 5.74) is -1.99. The van der Waals surface area contributed by atoms with E-state index in [2.05, 4.69) is 4.74 Å². The predicted molar refractivity (Wildman–Crippen MR) is 65.2 cm³/mol. The van der Waals surface area contributed by atoms with Gasteiger partial charge >= 0.3 is 13.1 Å². The van der Waals surface area contributed by atoms with E-state index in [0.717, 1.165) is 0 Å². The van der Waals surface area contributed by atoms with Crippen molar-refractivity contribution < 1.29 is 24.3 Å². The normalized spacial score (nSPS) is 12.9. The maximum atomic E-state index is 10.5. The minimum absolute atomic E-state index is 0.0820. The molecule has 0 aliphatic carbocycles. The van der Waals surface area contributed by atoms with E-state index in [0.29, 0.717) is 0 Å². The molecule has 0 amide bonds. The minimum Gasteiger partial charge on any atom is -0.462 e. The van der Waals surface area contributed by atoms with Crippen LogP contribution in [0.1, 0.15) is 34.6 Å². The van der Waals surface area contributed by atoms with Gasteiger partial charge in [0.15, 0.2) is 0 Å². The Morgan fingerprint density at radius 2 is 1.88 bits per heavy atom. The molecule has 0 heterocycles. The van der Waals surface area contributed by atoms with Crippen molar-refractivity contribution in [3.8, 4) is 0 Å². The van der Waals surface area contributed by atoms with Crippen LogP contribution in [0.25, 0.3) is 0 Å². The molecule has 0 unspecified atom stereocenters. The molecule has 0 fully saturated rings. The number of esters is 1. The molecule has 0 spiro atoms. The zero-order valence-electron chi connectivity index (χ0n) is 11.1. The number of rotatable bonds is 6. The van der Waals surface area contributed by atoms with Crippen LogP contribution in [0.4, 0.5) is 0 Å². The number of hydrogen-bond donors (Lipinski definition) is 2. The first-order chi connectivity index (χ1) is 7.56. The topological polar surface area (TPSA) is 76.0 Å². The van der Waals surface area contributed by atoms with Crippen LogP contribution in [0.2, 0.25) is 0 Å². The fraction of sp³-hybridized carbons (Fsp3) is 0.727. The predicted octanol–water partition coefficient (Wildman–Crippen LogP) is 0.691. The van der Waals surface area contributed by atoms with Crippen LogP contribution in [0, 0.1) is 0 Å². The van der Waals surface area contributed by atoms with E-state index in [1.807, 2.05) is 0 Å². The van der Waals surface area contributed by atoms with Gasteiger partial charge in [-0.15, -0.1) is 0 Å². The van der Waals surface area contributed by atoms with Crippen molar-refractivity contribution in [2.24, 2.45) is 0 Å². The molecule has 5 nitrogen and oxygen atoms in total. The summed E-state index contributed by atoms with van der Waals surface area (Å²) >= 11 is 0. The Kier molecular flexibility index (Phi) is 5.88. The highest BCUT2D eigenvalue weighted by atomic mass is 16.5. The van der Waals surface area contributed by atoms with Gasteiger partial charge in [-0.25, -0.2) is 0 Å². The zero-order valence-corrected chi connectivity index (χ0v) is 11.1. The molecule has 0 radical (unpaired) electrons. The maximum Gasteiger partial charge on any atom is 0.483 e. The third-order valence-electron chi connectivity index (χ3n) is 2.57. The summed E-state index contributed by atoms with van der Waals surface area (Å²) in [6.45, 7) is 7.94. The van der Waals surface area contributed by atoms with Crippen molar-refractivity contribution in [2.45, 2.75) is 45.8 Å². The lowest BCUT2D eigenvalue weighted by molar-refractivity contribution is -0.139. The maximum absolute atomic E-state index is 10.5. The summed E-state index contributed by atoms with van der Waals surface area (Å²) in [4.78, 5) is 10.5. The summed E-state index contributed by atoms with van der Waals surface area (Å²) in [7, 11) is -1.16. The van der Waals surface area contributed by atoms with E-state index in [1.165, 1.54) is 19.0 Å². The van der Waals surface area contributed by atoms with Gasteiger partial charge in [-0.3, -0.25) is 4.79 Å². The number of carbonyl (C=O) groups is 1. The van der Waals surface area contributed by atoms with E-state index in [9.17, 15) is 14.9 Å². The van der Waals surface area contributed by atoms with Gasteiger partial charge in [0, 0.05) is 6.92 Å². The van der Waals surface area contributed by atoms with Crippen LogP contribution >= 0.6 is 0 Å². The fourth-order valence-electron chi connectivity index (χ4n) is 0.823. The van der Waals surface area contributed by atoms with Crippen LogP contribution in [0.3, 0.4) is 0 Å². The highest BCUT2D eigenvalue weighted by Crippen LogP contribution is 2.25. The molecule has 17 heavy (non-hydrogen) atoms. The van der Waals surface area contributed by atoms with Crippen LogP contribution < -0.4 is 0 Å². The molecule has 0 saturated heterocycles. The summed E-state index contributed by atoms with van der Waals surface area (Å²) in [6, 6.07) is 0. The monoisotopic (exact) mass is 244 g/mol.